The zero-order valence-corrected chi connectivity index (χ0v) is 11.8. The molecule has 0 aliphatic carbocycles. The molecule has 1 unspecified atom stereocenters. The molecule has 0 saturated heterocycles. The fourth-order valence-corrected chi connectivity index (χ4v) is 1.92. The number of H-pyrrole nitrogens is 1. The number of aromatic amines is 1. The van der Waals surface area contributed by atoms with E-state index in [0.29, 0.717) is 12.2 Å². The van der Waals surface area contributed by atoms with Crippen LogP contribution in [0, 0.1) is 0 Å². The summed E-state index contributed by atoms with van der Waals surface area (Å²) < 4.78 is 5.29. The van der Waals surface area contributed by atoms with Gasteiger partial charge in [-0.25, -0.2) is 4.98 Å². The van der Waals surface area contributed by atoms with Gasteiger partial charge in [0.1, 0.15) is 11.6 Å². The third-order valence-corrected chi connectivity index (χ3v) is 3.02. The van der Waals surface area contributed by atoms with E-state index in [9.17, 15) is 4.79 Å². The molecule has 6 nitrogen and oxygen atoms in total. The number of carbonyl (C=O) groups excluding carboxylic acids is 1. The zero-order valence-electron chi connectivity index (χ0n) is 11.8. The highest BCUT2D eigenvalue weighted by atomic mass is 16.5. The molecule has 0 spiro atoms. The predicted octanol–water partition coefficient (Wildman–Crippen LogP) is 1.87. The maximum atomic E-state index is 12.1. The summed E-state index contributed by atoms with van der Waals surface area (Å²) in [5.74, 6) is 1.28. The Hall–Kier alpha value is -2.37. The Morgan fingerprint density at radius 1 is 1.45 bits per heavy atom. The van der Waals surface area contributed by atoms with Gasteiger partial charge in [-0.2, -0.15) is 0 Å². The van der Waals surface area contributed by atoms with Crippen LogP contribution in [-0.4, -0.2) is 28.2 Å². The molecule has 0 bridgehead atoms. The highest BCUT2D eigenvalue weighted by Crippen LogP contribution is 2.24. The largest absolute Gasteiger partial charge is 0.496 e. The Morgan fingerprint density at radius 2 is 2.20 bits per heavy atom. The lowest BCUT2D eigenvalue weighted by atomic mass is 10.1. The van der Waals surface area contributed by atoms with Crippen molar-refractivity contribution < 1.29 is 9.53 Å². The molecule has 0 saturated carbocycles. The van der Waals surface area contributed by atoms with Crippen molar-refractivity contribution in [3.05, 3.63) is 41.5 Å². The van der Waals surface area contributed by atoms with E-state index in [2.05, 4.69) is 20.5 Å². The van der Waals surface area contributed by atoms with E-state index in [1.165, 1.54) is 0 Å². The molecular formula is C14H18N4O2. The summed E-state index contributed by atoms with van der Waals surface area (Å²) in [5.41, 5.74) is 0.912. The minimum Gasteiger partial charge on any atom is -0.496 e. The van der Waals surface area contributed by atoms with E-state index in [1.807, 2.05) is 38.1 Å². The summed E-state index contributed by atoms with van der Waals surface area (Å²) in [6, 6.07) is 7.38. The molecule has 2 N–H and O–H groups in total. The minimum absolute atomic E-state index is 0.156. The van der Waals surface area contributed by atoms with Gasteiger partial charge in [-0.15, -0.1) is 5.10 Å². The maximum absolute atomic E-state index is 12.1. The van der Waals surface area contributed by atoms with E-state index in [0.717, 1.165) is 11.3 Å². The number of ether oxygens (including phenoxy) is 1. The van der Waals surface area contributed by atoms with Crippen molar-refractivity contribution in [1.82, 2.24) is 20.5 Å². The van der Waals surface area contributed by atoms with Crippen LogP contribution in [0.15, 0.2) is 24.3 Å². The maximum Gasteiger partial charge on any atom is 0.291 e. The molecule has 1 aromatic carbocycles. The number of amides is 1. The van der Waals surface area contributed by atoms with Crippen LogP contribution in [0.3, 0.4) is 0 Å². The Labute approximate surface area is 117 Å². The first-order valence-electron chi connectivity index (χ1n) is 6.50. The Bertz CT molecular complexity index is 594. The Kier molecular flexibility index (Phi) is 4.34. The lowest BCUT2D eigenvalue weighted by molar-refractivity contribution is 0.0929. The van der Waals surface area contributed by atoms with Crippen LogP contribution in [0.25, 0.3) is 0 Å². The zero-order chi connectivity index (χ0) is 14.5. The van der Waals surface area contributed by atoms with Gasteiger partial charge in [0, 0.05) is 12.0 Å². The first kappa shape index (κ1) is 14.0. The average Bonchev–Trinajstić information content (AvgIpc) is 2.96. The third-order valence-electron chi connectivity index (χ3n) is 3.02. The summed E-state index contributed by atoms with van der Waals surface area (Å²) in [7, 11) is 1.61. The van der Waals surface area contributed by atoms with E-state index < -0.39 is 0 Å². The van der Waals surface area contributed by atoms with Crippen molar-refractivity contribution in [2.24, 2.45) is 0 Å². The summed E-state index contributed by atoms with van der Waals surface area (Å²) in [6.45, 7) is 3.84. The van der Waals surface area contributed by atoms with E-state index in [-0.39, 0.29) is 17.8 Å². The number of methoxy groups -OCH3 is 1. The van der Waals surface area contributed by atoms with Crippen molar-refractivity contribution in [3.63, 3.8) is 0 Å². The molecule has 1 heterocycles. The number of rotatable bonds is 5. The fraction of sp³-hybridized carbons (Fsp3) is 0.357. The number of para-hydroxylation sites is 1. The van der Waals surface area contributed by atoms with Gasteiger partial charge in [0.2, 0.25) is 5.82 Å². The second-order valence-electron chi connectivity index (χ2n) is 4.40. The van der Waals surface area contributed by atoms with Gasteiger partial charge in [-0.05, 0) is 13.0 Å². The molecule has 0 aliphatic rings. The molecule has 2 rings (SSSR count). The Morgan fingerprint density at radius 3 is 2.85 bits per heavy atom. The number of carbonyl (C=O) groups is 1. The van der Waals surface area contributed by atoms with Gasteiger partial charge >= 0.3 is 0 Å². The molecule has 1 atom stereocenters. The van der Waals surface area contributed by atoms with E-state index >= 15 is 0 Å². The second-order valence-corrected chi connectivity index (χ2v) is 4.40. The second kappa shape index (κ2) is 6.18. The molecule has 1 amide bonds. The summed E-state index contributed by atoms with van der Waals surface area (Å²) >= 11 is 0. The molecule has 0 radical (unpaired) electrons. The van der Waals surface area contributed by atoms with Crippen LogP contribution in [0.4, 0.5) is 0 Å². The number of hydrogen-bond acceptors (Lipinski definition) is 4. The molecule has 106 valence electrons. The van der Waals surface area contributed by atoms with E-state index in [1.54, 1.807) is 7.11 Å². The molecule has 1 aromatic heterocycles. The van der Waals surface area contributed by atoms with Crippen LogP contribution in [0.5, 0.6) is 5.75 Å². The number of aromatic nitrogens is 3. The highest BCUT2D eigenvalue weighted by molar-refractivity contribution is 5.90. The van der Waals surface area contributed by atoms with Crippen molar-refractivity contribution >= 4 is 5.91 Å². The minimum atomic E-state index is -0.306. The molecule has 6 heteroatoms. The normalized spacial score (nSPS) is 11.9. The molecule has 20 heavy (non-hydrogen) atoms. The molecular weight excluding hydrogens is 256 g/mol. The number of nitrogens with zero attached hydrogens (tertiary/aromatic N) is 2. The quantitative estimate of drug-likeness (QED) is 0.872. The standard InChI is InChI=1S/C14H18N4O2/c1-4-12-16-13(18-17-12)14(19)15-9(2)10-7-5-6-8-11(10)20-3/h5-9H,4H2,1-3H3,(H,15,19)(H,16,17,18). The summed E-state index contributed by atoms with van der Waals surface area (Å²) in [6.07, 6.45) is 0.711. The predicted molar refractivity (Wildman–Crippen MR) is 74.6 cm³/mol. The summed E-state index contributed by atoms with van der Waals surface area (Å²) in [4.78, 5) is 16.2. The van der Waals surface area contributed by atoms with Crippen molar-refractivity contribution in [2.45, 2.75) is 26.3 Å². The molecule has 2 aromatic rings. The summed E-state index contributed by atoms with van der Waals surface area (Å²) in [5, 5.41) is 9.48. The average molecular weight is 274 g/mol. The van der Waals surface area contributed by atoms with Gasteiger partial charge in [-0.3, -0.25) is 9.89 Å². The smallest absolute Gasteiger partial charge is 0.291 e. The van der Waals surface area contributed by atoms with Gasteiger partial charge < -0.3 is 10.1 Å². The van der Waals surface area contributed by atoms with Gasteiger partial charge in [-0.1, -0.05) is 25.1 Å². The third kappa shape index (κ3) is 2.96. The van der Waals surface area contributed by atoms with Crippen LogP contribution < -0.4 is 10.1 Å². The van der Waals surface area contributed by atoms with Crippen LogP contribution in [-0.2, 0) is 6.42 Å². The van der Waals surface area contributed by atoms with Crippen molar-refractivity contribution in [1.29, 1.82) is 0 Å². The topological polar surface area (TPSA) is 79.9 Å². The number of nitrogens with one attached hydrogen (secondary N) is 2. The lowest BCUT2D eigenvalue weighted by Crippen LogP contribution is -2.27. The molecule has 0 aliphatic heterocycles. The first-order valence-corrected chi connectivity index (χ1v) is 6.50. The SMILES string of the molecule is CCc1nc(C(=O)NC(C)c2ccccc2OC)n[nH]1. The van der Waals surface area contributed by atoms with Gasteiger partial charge in [0.25, 0.3) is 5.91 Å². The van der Waals surface area contributed by atoms with E-state index in [4.69, 9.17) is 4.74 Å². The molecule has 0 fully saturated rings. The number of hydrogen-bond donors (Lipinski definition) is 2. The van der Waals surface area contributed by atoms with Crippen LogP contribution >= 0.6 is 0 Å². The highest BCUT2D eigenvalue weighted by Gasteiger charge is 2.17. The number of aryl methyl sites for hydroxylation is 1. The monoisotopic (exact) mass is 274 g/mol. The first-order chi connectivity index (χ1) is 9.65. The lowest BCUT2D eigenvalue weighted by Gasteiger charge is -2.16. The van der Waals surface area contributed by atoms with Crippen molar-refractivity contribution in [3.8, 4) is 5.75 Å². The fourth-order valence-electron chi connectivity index (χ4n) is 1.92. The van der Waals surface area contributed by atoms with Gasteiger partial charge in [0.15, 0.2) is 0 Å². The van der Waals surface area contributed by atoms with Crippen molar-refractivity contribution in [2.75, 3.05) is 7.11 Å². The number of benzene rings is 1. The van der Waals surface area contributed by atoms with Crippen LogP contribution in [0.2, 0.25) is 0 Å². The van der Waals surface area contributed by atoms with Gasteiger partial charge in [0.05, 0.1) is 13.2 Å². The van der Waals surface area contributed by atoms with Crippen LogP contribution in [0.1, 0.15) is 41.9 Å². The Balaban J connectivity index is 2.10.